The molecule has 0 aromatic heterocycles. The Bertz CT molecular complexity index is 499. The molecular weight excluding hydrogens is 244 g/mol. The van der Waals surface area contributed by atoms with E-state index in [1.165, 1.54) is 0 Å². The van der Waals surface area contributed by atoms with Crippen molar-refractivity contribution in [2.24, 2.45) is 0 Å². The lowest BCUT2D eigenvalue weighted by Crippen LogP contribution is -2.41. The largest absolute Gasteiger partial charge is 0.480 e. The number of hydrogen-bond acceptors (Lipinski definition) is 3. The summed E-state index contributed by atoms with van der Waals surface area (Å²) in [6, 6.07) is 4.78. The van der Waals surface area contributed by atoms with Crippen molar-refractivity contribution in [2.45, 2.75) is 32.4 Å². The Morgan fingerprint density at radius 1 is 1.47 bits per heavy atom. The van der Waals surface area contributed by atoms with Crippen LogP contribution in [0, 0.1) is 0 Å². The quantitative estimate of drug-likeness (QED) is 0.754. The monoisotopic (exact) mass is 262 g/mol. The molecule has 0 aliphatic carbocycles. The normalized spacial score (nSPS) is 15.4. The molecule has 1 unspecified atom stereocenters. The van der Waals surface area contributed by atoms with Crippen molar-refractivity contribution in [3.05, 3.63) is 34.9 Å². The minimum Gasteiger partial charge on any atom is -0.480 e. The lowest BCUT2D eigenvalue weighted by atomic mass is 9.95. The minimum absolute atomic E-state index is 0.310. The summed E-state index contributed by atoms with van der Waals surface area (Å²) in [6.45, 7) is 3.30. The van der Waals surface area contributed by atoms with Gasteiger partial charge in [0.25, 0.3) is 5.91 Å². The van der Waals surface area contributed by atoms with Crippen LogP contribution >= 0.6 is 0 Å². The van der Waals surface area contributed by atoms with Crippen LogP contribution in [0.25, 0.3) is 0 Å². The molecule has 2 rings (SSSR count). The Morgan fingerprint density at radius 2 is 2.26 bits per heavy atom. The smallest absolute Gasteiger partial charge is 0.326 e. The van der Waals surface area contributed by atoms with Crippen LogP contribution in [0.15, 0.2) is 18.2 Å². The van der Waals surface area contributed by atoms with Gasteiger partial charge in [-0.25, -0.2) is 4.79 Å². The molecule has 1 aliphatic heterocycles. The van der Waals surface area contributed by atoms with Gasteiger partial charge in [0, 0.05) is 12.1 Å². The Hall–Kier alpha value is -1.88. The molecule has 1 heterocycles. The fourth-order valence-electron chi connectivity index (χ4n) is 2.30. The maximum Gasteiger partial charge on any atom is 0.326 e. The van der Waals surface area contributed by atoms with Gasteiger partial charge in [-0.1, -0.05) is 19.1 Å². The summed E-state index contributed by atoms with van der Waals surface area (Å²) in [5, 5.41) is 14.8. The first-order chi connectivity index (χ1) is 9.13. The van der Waals surface area contributed by atoms with E-state index in [0.29, 0.717) is 18.5 Å². The van der Waals surface area contributed by atoms with E-state index in [4.69, 9.17) is 5.11 Å². The van der Waals surface area contributed by atoms with Crippen LogP contribution < -0.4 is 10.6 Å². The molecule has 102 valence electrons. The molecule has 19 heavy (non-hydrogen) atoms. The third-order valence-corrected chi connectivity index (χ3v) is 3.40. The van der Waals surface area contributed by atoms with E-state index < -0.39 is 12.0 Å². The first kappa shape index (κ1) is 13.5. The molecule has 0 saturated heterocycles. The topological polar surface area (TPSA) is 78.4 Å². The van der Waals surface area contributed by atoms with Crippen LogP contribution in [0.3, 0.4) is 0 Å². The Balaban J connectivity index is 2.22. The molecule has 0 saturated carbocycles. The summed E-state index contributed by atoms with van der Waals surface area (Å²) in [5.41, 5.74) is 2.71. The average Bonchev–Trinajstić information content (AvgIpc) is 2.43. The van der Waals surface area contributed by atoms with Crippen molar-refractivity contribution in [1.29, 1.82) is 0 Å². The van der Waals surface area contributed by atoms with E-state index in [-0.39, 0.29) is 5.91 Å². The molecule has 1 aromatic rings. The number of hydrogen-bond donors (Lipinski definition) is 3. The highest BCUT2D eigenvalue weighted by molar-refractivity contribution is 5.98. The maximum atomic E-state index is 12.2. The van der Waals surface area contributed by atoms with Gasteiger partial charge in [-0.05, 0) is 36.6 Å². The molecule has 1 amide bonds. The molecule has 5 heteroatoms. The Morgan fingerprint density at radius 3 is 2.95 bits per heavy atom. The molecule has 0 spiro atoms. The predicted octanol–water partition coefficient (Wildman–Crippen LogP) is 0.925. The molecule has 0 radical (unpaired) electrons. The zero-order chi connectivity index (χ0) is 13.8. The third-order valence-electron chi connectivity index (χ3n) is 3.40. The summed E-state index contributed by atoms with van der Waals surface area (Å²) < 4.78 is 0. The molecule has 3 N–H and O–H groups in total. The number of carbonyl (C=O) groups excluding carboxylic acids is 1. The van der Waals surface area contributed by atoms with Gasteiger partial charge >= 0.3 is 5.97 Å². The van der Waals surface area contributed by atoms with Crippen molar-refractivity contribution < 1.29 is 14.7 Å². The highest BCUT2D eigenvalue weighted by Crippen LogP contribution is 2.18. The van der Waals surface area contributed by atoms with Crippen LogP contribution in [0.2, 0.25) is 0 Å². The number of benzene rings is 1. The minimum atomic E-state index is -1.00. The Kier molecular flexibility index (Phi) is 4.16. The summed E-state index contributed by atoms with van der Waals surface area (Å²) in [7, 11) is 0. The van der Waals surface area contributed by atoms with E-state index in [9.17, 15) is 9.59 Å². The van der Waals surface area contributed by atoms with E-state index >= 15 is 0 Å². The summed E-state index contributed by atoms with van der Waals surface area (Å²) in [6.07, 6.45) is 1.26. The fourth-order valence-corrected chi connectivity index (χ4v) is 2.30. The number of rotatable bonds is 4. The van der Waals surface area contributed by atoms with Gasteiger partial charge in [-0.15, -0.1) is 0 Å². The number of fused-ring (bicyclic) bond motifs is 1. The van der Waals surface area contributed by atoms with Crippen LogP contribution in [-0.2, 0) is 17.8 Å². The zero-order valence-corrected chi connectivity index (χ0v) is 10.9. The highest BCUT2D eigenvalue weighted by atomic mass is 16.4. The van der Waals surface area contributed by atoms with Crippen molar-refractivity contribution in [1.82, 2.24) is 10.6 Å². The number of carbonyl (C=O) groups is 2. The van der Waals surface area contributed by atoms with Gasteiger partial charge < -0.3 is 15.7 Å². The van der Waals surface area contributed by atoms with E-state index in [2.05, 4.69) is 10.6 Å². The summed E-state index contributed by atoms with van der Waals surface area (Å²) >= 11 is 0. The van der Waals surface area contributed by atoms with Crippen molar-refractivity contribution >= 4 is 11.9 Å². The van der Waals surface area contributed by atoms with Crippen molar-refractivity contribution in [2.75, 3.05) is 6.54 Å². The SMILES string of the molecule is CCC(NC(=O)c1cccc2c1CNCC2)C(=O)O. The molecule has 1 atom stereocenters. The lowest BCUT2D eigenvalue weighted by molar-refractivity contribution is -0.139. The second-order valence-corrected chi connectivity index (χ2v) is 4.64. The third kappa shape index (κ3) is 2.93. The standard InChI is InChI=1S/C14H18N2O3/c1-2-12(14(18)19)16-13(17)10-5-3-4-9-6-7-15-8-11(9)10/h3-5,12,15H,2,6-8H2,1H3,(H,16,17)(H,18,19). The second kappa shape index (κ2) is 5.84. The zero-order valence-electron chi connectivity index (χ0n) is 10.9. The lowest BCUT2D eigenvalue weighted by Gasteiger charge is -2.21. The van der Waals surface area contributed by atoms with E-state index in [1.807, 2.05) is 12.1 Å². The second-order valence-electron chi connectivity index (χ2n) is 4.64. The number of amides is 1. The summed E-state index contributed by atoms with van der Waals surface area (Å²) in [5.74, 6) is -1.31. The van der Waals surface area contributed by atoms with Crippen LogP contribution in [0.1, 0.15) is 34.8 Å². The van der Waals surface area contributed by atoms with Gasteiger partial charge in [-0.2, -0.15) is 0 Å². The molecule has 5 nitrogen and oxygen atoms in total. The van der Waals surface area contributed by atoms with Crippen molar-refractivity contribution in [3.63, 3.8) is 0 Å². The van der Waals surface area contributed by atoms with Gasteiger partial charge in [0.2, 0.25) is 0 Å². The van der Waals surface area contributed by atoms with Crippen LogP contribution in [0.5, 0.6) is 0 Å². The molecular formula is C14H18N2O3. The van der Waals surface area contributed by atoms with Crippen LogP contribution in [-0.4, -0.2) is 29.6 Å². The average molecular weight is 262 g/mol. The Labute approximate surface area is 112 Å². The molecule has 1 aliphatic rings. The van der Waals surface area contributed by atoms with Gasteiger partial charge in [0.15, 0.2) is 0 Å². The first-order valence-corrected chi connectivity index (χ1v) is 6.48. The van der Waals surface area contributed by atoms with E-state index in [0.717, 1.165) is 24.1 Å². The molecule has 1 aromatic carbocycles. The van der Waals surface area contributed by atoms with E-state index in [1.54, 1.807) is 13.0 Å². The fraction of sp³-hybridized carbons (Fsp3) is 0.429. The highest BCUT2D eigenvalue weighted by Gasteiger charge is 2.22. The van der Waals surface area contributed by atoms with Crippen LogP contribution in [0.4, 0.5) is 0 Å². The number of nitrogens with one attached hydrogen (secondary N) is 2. The molecule has 0 fully saturated rings. The first-order valence-electron chi connectivity index (χ1n) is 6.48. The number of aliphatic carboxylic acids is 1. The number of carboxylic acids is 1. The van der Waals surface area contributed by atoms with Crippen molar-refractivity contribution in [3.8, 4) is 0 Å². The number of carboxylic acid groups (broad SMARTS) is 1. The maximum absolute atomic E-state index is 12.2. The summed E-state index contributed by atoms with van der Waals surface area (Å²) in [4.78, 5) is 23.1. The van der Waals surface area contributed by atoms with Gasteiger partial charge in [0.1, 0.15) is 6.04 Å². The predicted molar refractivity (Wildman–Crippen MR) is 71.0 cm³/mol. The van der Waals surface area contributed by atoms with Gasteiger partial charge in [-0.3, -0.25) is 4.79 Å². The molecule has 0 bridgehead atoms. The van der Waals surface area contributed by atoms with Gasteiger partial charge in [0.05, 0.1) is 0 Å².